The lowest BCUT2D eigenvalue weighted by Crippen LogP contribution is -2.43. The molecule has 0 bridgehead atoms. The molecule has 12 nitrogen and oxygen atoms in total. The van der Waals surface area contributed by atoms with Crippen LogP contribution in [0.4, 0.5) is 0 Å². The lowest BCUT2D eigenvalue weighted by atomic mass is 10.0. The lowest BCUT2D eigenvalue weighted by Gasteiger charge is -2.27. The first-order valence-corrected chi connectivity index (χ1v) is 14.1. The lowest BCUT2D eigenvalue weighted by molar-refractivity contribution is -0.145. The summed E-state index contributed by atoms with van der Waals surface area (Å²) in [7, 11) is -4.26. The summed E-state index contributed by atoms with van der Waals surface area (Å²) in [4.78, 5) is 37.0. The molecule has 0 spiro atoms. The number of ether oxygens (including phenoxy) is 2. The molecule has 0 radical (unpaired) electrons. The van der Waals surface area contributed by atoms with Gasteiger partial charge in [0.1, 0.15) is 28.9 Å². The number of nitrogens with one attached hydrogen (secondary N) is 2. The van der Waals surface area contributed by atoms with E-state index in [0.717, 1.165) is 10.6 Å². The number of rotatable bonds is 12. The van der Waals surface area contributed by atoms with Gasteiger partial charge in [-0.15, -0.1) is 11.6 Å². The number of benzene rings is 1. The predicted octanol–water partition coefficient (Wildman–Crippen LogP) is 2.56. The fourth-order valence-corrected chi connectivity index (χ4v) is 5.76. The molecule has 0 unspecified atom stereocenters. The Balaban J connectivity index is 1.85. The van der Waals surface area contributed by atoms with Gasteiger partial charge in [0.2, 0.25) is 0 Å². The fourth-order valence-electron chi connectivity index (χ4n) is 3.95. The smallest absolute Gasteiger partial charge is 0.459 e. The second-order valence-electron chi connectivity index (χ2n) is 9.40. The van der Waals surface area contributed by atoms with Crippen LogP contribution in [0.25, 0.3) is 0 Å². The molecular formula is C24H33ClN3O9P. The van der Waals surface area contributed by atoms with Crippen LogP contribution in [-0.2, 0) is 23.4 Å². The third-order valence-corrected chi connectivity index (χ3v) is 7.77. The average Bonchev–Trinajstić information content (AvgIpc) is 3.06. The second kappa shape index (κ2) is 12.6. The zero-order chi connectivity index (χ0) is 28.1. The maximum atomic E-state index is 13.9. The zero-order valence-corrected chi connectivity index (χ0v) is 23.2. The van der Waals surface area contributed by atoms with E-state index in [9.17, 15) is 24.1 Å². The number of nitrogens with zero attached hydrogens (tertiary/aromatic N) is 1. The highest BCUT2D eigenvalue weighted by Gasteiger charge is 2.54. The normalized spacial score (nSPS) is 25.6. The van der Waals surface area contributed by atoms with E-state index in [-0.39, 0.29) is 24.7 Å². The highest BCUT2D eigenvalue weighted by Crippen LogP contribution is 2.48. The van der Waals surface area contributed by atoms with Gasteiger partial charge in [0.15, 0.2) is 6.23 Å². The van der Waals surface area contributed by atoms with E-state index in [1.165, 1.54) is 13.1 Å². The third kappa shape index (κ3) is 7.34. The minimum Gasteiger partial charge on any atom is -0.465 e. The number of hydrogen-bond acceptors (Lipinski definition) is 9. The number of para-hydroxylation sites is 1. The molecule has 1 aromatic heterocycles. The molecule has 38 heavy (non-hydrogen) atoms. The van der Waals surface area contributed by atoms with Crippen molar-refractivity contribution in [1.29, 1.82) is 0 Å². The van der Waals surface area contributed by atoms with E-state index in [1.807, 2.05) is 13.8 Å². The van der Waals surface area contributed by atoms with Crippen LogP contribution in [0.2, 0.25) is 0 Å². The molecule has 3 N–H and O–H groups in total. The number of halogens is 1. The molecule has 0 saturated carbocycles. The van der Waals surface area contributed by atoms with Gasteiger partial charge in [-0.25, -0.2) is 9.36 Å². The molecule has 1 aromatic carbocycles. The van der Waals surface area contributed by atoms with Gasteiger partial charge < -0.3 is 19.1 Å². The van der Waals surface area contributed by atoms with E-state index in [2.05, 4.69) is 10.1 Å². The molecular weight excluding hydrogens is 541 g/mol. The maximum absolute atomic E-state index is 13.9. The fraction of sp³-hybridized carbons (Fsp3) is 0.542. The number of aliphatic hydroxyl groups excluding tert-OH is 1. The minimum absolute atomic E-state index is 0.0374. The van der Waals surface area contributed by atoms with E-state index in [0.29, 0.717) is 0 Å². The summed E-state index contributed by atoms with van der Waals surface area (Å²) >= 11 is 6.56. The largest absolute Gasteiger partial charge is 0.465 e. The first-order valence-electron chi connectivity index (χ1n) is 12.1. The molecule has 1 aliphatic heterocycles. The Morgan fingerprint density at radius 1 is 1.29 bits per heavy atom. The van der Waals surface area contributed by atoms with Crippen molar-refractivity contribution in [1.82, 2.24) is 14.6 Å². The number of hydrogen-bond donors (Lipinski definition) is 3. The van der Waals surface area contributed by atoms with Crippen molar-refractivity contribution in [3.63, 3.8) is 0 Å². The highest BCUT2D eigenvalue weighted by atomic mass is 35.5. The van der Waals surface area contributed by atoms with Crippen molar-refractivity contribution in [3.8, 4) is 5.75 Å². The quantitative estimate of drug-likeness (QED) is 0.196. The Labute approximate surface area is 224 Å². The number of carbonyl (C=O) groups excluding carboxylic acids is 1. The van der Waals surface area contributed by atoms with E-state index < -0.39 is 60.9 Å². The molecule has 1 fully saturated rings. The van der Waals surface area contributed by atoms with Gasteiger partial charge in [0, 0.05) is 12.3 Å². The summed E-state index contributed by atoms with van der Waals surface area (Å²) in [5.41, 5.74) is -1.39. The van der Waals surface area contributed by atoms with Crippen molar-refractivity contribution >= 4 is 25.3 Å². The van der Waals surface area contributed by atoms with Crippen LogP contribution in [-0.4, -0.2) is 57.0 Å². The Kier molecular flexibility index (Phi) is 9.96. The molecule has 2 heterocycles. The van der Waals surface area contributed by atoms with Gasteiger partial charge in [-0.05, 0) is 38.3 Å². The Hall–Kier alpha value is -2.47. The van der Waals surface area contributed by atoms with Gasteiger partial charge in [-0.2, -0.15) is 5.09 Å². The monoisotopic (exact) mass is 573 g/mol. The average molecular weight is 574 g/mol. The van der Waals surface area contributed by atoms with Crippen molar-refractivity contribution in [2.75, 3.05) is 13.2 Å². The van der Waals surface area contributed by atoms with Gasteiger partial charge >= 0.3 is 19.4 Å². The number of esters is 1. The number of aromatic nitrogens is 2. The first kappa shape index (κ1) is 30.1. The summed E-state index contributed by atoms with van der Waals surface area (Å²) in [6.07, 6.45) is -2.24. The third-order valence-electron chi connectivity index (χ3n) is 5.79. The zero-order valence-electron chi connectivity index (χ0n) is 21.5. The molecule has 2 aromatic rings. The summed E-state index contributed by atoms with van der Waals surface area (Å²) in [6, 6.07) is 8.32. The van der Waals surface area contributed by atoms with Crippen LogP contribution >= 0.6 is 19.3 Å². The molecule has 14 heteroatoms. The standard InChI is InChI=1S/C24H33ClN3O9P/c1-5-34-21(31)17(13-15(2)3)27-38(33,37-16-9-7-6-8-10-16)35-14-18-20(30)24(4,25)22(36-18)28-12-11-19(29)26-23(28)32/h6-12,15,17-18,20,22,30H,5,13-14H2,1-4H3,(H,27,33)(H,26,29,32)/t17-,18+,20+,22+,24+,38+/m0/s1. The molecule has 1 saturated heterocycles. The summed E-state index contributed by atoms with van der Waals surface area (Å²) in [5.74, 6) is -0.372. The van der Waals surface area contributed by atoms with Crippen LogP contribution in [0, 0.1) is 5.92 Å². The van der Waals surface area contributed by atoms with Crippen molar-refractivity contribution in [2.24, 2.45) is 5.92 Å². The van der Waals surface area contributed by atoms with E-state index in [1.54, 1.807) is 37.3 Å². The number of alkyl halides is 1. The Bertz CT molecular complexity index is 1250. The van der Waals surface area contributed by atoms with Crippen LogP contribution in [0.3, 0.4) is 0 Å². The highest BCUT2D eigenvalue weighted by molar-refractivity contribution is 7.52. The van der Waals surface area contributed by atoms with Crippen molar-refractivity contribution in [3.05, 3.63) is 63.4 Å². The van der Waals surface area contributed by atoms with Gasteiger partial charge in [0.05, 0.1) is 13.2 Å². The number of aromatic amines is 1. The van der Waals surface area contributed by atoms with Crippen LogP contribution < -0.4 is 20.9 Å². The molecule has 1 aliphatic rings. The predicted molar refractivity (Wildman–Crippen MR) is 139 cm³/mol. The number of carbonyl (C=O) groups is 1. The van der Waals surface area contributed by atoms with E-state index >= 15 is 0 Å². The van der Waals surface area contributed by atoms with Crippen molar-refractivity contribution in [2.45, 2.75) is 63.5 Å². The van der Waals surface area contributed by atoms with Crippen LogP contribution in [0.15, 0.2) is 52.2 Å². The molecule has 0 amide bonds. The molecule has 3 rings (SSSR count). The van der Waals surface area contributed by atoms with Gasteiger partial charge in [-0.3, -0.25) is 23.7 Å². The van der Waals surface area contributed by atoms with Crippen molar-refractivity contribution < 1.29 is 33.0 Å². The summed E-state index contributed by atoms with van der Waals surface area (Å²) < 4.78 is 37.3. The SMILES string of the molecule is CCOC(=O)[C@H](CC(C)C)N[P@@](=O)(OC[C@H]1O[C@@H](n2ccc(=O)[nH]c2=O)[C@](C)(Cl)[C@@H]1O)Oc1ccccc1. The summed E-state index contributed by atoms with van der Waals surface area (Å²) in [5, 5.41) is 13.6. The number of aliphatic hydroxyl groups is 1. The number of H-pyrrole nitrogens is 1. The molecule has 0 aliphatic carbocycles. The minimum atomic E-state index is -4.26. The second-order valence-corrected chi connectivity index (χ2v) is 11.9. The topological polar surface area (TPSA) is 158 Å². The molecule has 6 atom stereocenters. The summed E-state index contributed by atoms with van der Waals surface area (Å²) in [6.45, 7) is 6.54. The van der Waals surface area contributed by atoms with Gasteiger partial charge in [-0.1, -0.05) is 32.0 Å². The Morgan fingerprint density at radius 3 is 2.58 bits per heavy atom. The maximum Gasteiger partial charge on any atom is 0.459 e. The first-order chi connectivity index (χ1) is 17.9. The Morgan fingerprint density at radius 2 is 1.97 bits per heavy atom. The van der Waals surface area contributed by atoms with Crippen LogP contribution in [0.1, 0.15) is 40.3 Å². The van der Waals surface area contributed by atoms with Gasteiger partial charge in [0.25, 0.3) is 5.56 Å². The van der Waals surface area contributed by atoms with Crippen LogP contribution in [0.5, 0.6) is 5.75 Å². The molecule has 210 valence electrons. The van der Waals surface area contributed by atoms with E-state index in [4.69, 9.17) is 30.1 Å².